The number of rotatable bonds is 5. The SMILES string of the molecule is COc1ccc(N2C(=S)NC(c3ccccn3)C2c2cccn2C2CCCCC2)cc1. The van der Waals surface area contributed by atoms with Crippen molar-refractivity contribution in [2.45, 2.75) is 50.2 Å². The summed E-state index contributed by atoms with van der Waals surface area (Å²) in [7, 11) is 1.69. The van der Waals surface area contributed by atoms with Crippen molar-refractivity contribution in [2.75, 3.05) is 12.0 Å². The van der Waals surface area contributed by atoms with E-state index in [0.717, 1.165) is 22.2 Å². The summed E-state index contributed by atoms with van der Waals surface area (Å²) < 4.78 is 7.86. The zero-order valence-corrected chi connectivity index (χ0v) is 18.6. The molecule has 1 aromatic carbocycles. The molecule has 6 heteroatoms. The highest BCUT2D eigenvalue weighted by Crippen LogP contribution is 2.43. The fourth-order valence-electron chi connectivity index (χ4n) is 5.03. The molecule has 2 aromatic heterocycles. The maximum atomic E-state index is 5.86. The second-order valence-electron chi connectivity index (χ2n) is 8.33. The first kappa shape index (κ1) is 20.1. The van der Waals surface area contributed by atoms with Gasteiger partial charge in [-0.1, -0.05) is 25.3 Å². The van der Waals surface area contributed by atoms with Crippen molar-refractivity contribution >= 4 is 23.0 Å². The minimum Gasteiger partial charge on any atom is -0.497 e. The molecular formula is C25H28N4OS. The van der Waals surface area contributed by atoms with Gasteiger partial charge in [0.15, 0.2) is 5.11 Å². The van der Waals surface area contributed by atoms with Crippen molar-refractivity contribution in [3.05, 3.63) is 78.4 Å². The van der Waals surface area contributed by atoms with E-state index in [1.807, 2.05) is 30.5 Å². The molecule has 5 rings (SSSR count). The fraction of sp³-hybridized carbons (Fsp3) is 0.360. The molecule has 2 aliphatic rings. The molecule has 3 heterocycles. The van der Waals surface area contributed by atoms with Crippen LogP contribution in [0.2, 0.25) is 0 Å². The second-order valence-corrected chi connectivity index (χ2v) is 8.71. The van der Waals surface area contributed by atoms with Crippen molar-refractivity contribution < 1.29 is 4.74 Å². The maximum Gasteiger partial charge on any atom is 0.174 e. The van der Waals surface area contributed by atoms with Gasteiger partial charge in [-0.25, -0.2) is 0 Å². The Hall–Kier alpha value is -2.86. The van der Waals surface area contributed by atoms with Crippen LogP contribution >= 0.6 is 12.2 Å². The molecule has 0 bridgehead atoms. The van der Waals surface area contributed by atoms with Crippen LogP contribution in [0.5, 0.6) is 5.75 Å². The summed E-state index contributed by atoms with van der Waals surface area (Å²) in [4.78, 5) is 6.91. The molecule has 160 valence electrons. The molecule has 0 spiro atoms. The highest BCUT2D eigenvalue weighted by molar-refractivity contribution is 7.80. The van der Waals surface area contributed by atoms with Gasteiger partial charge in [0, 0.05) is 29.8 Å². The normalized spacial score (nSPS) is 21.8. The molecule has 2 fully saturated rings. The van der Waals surface area contributed by atoms with Gasteiger partial charge in [0.1, 0.15) is 11.8 Å². The Morgan fingerprint density at radius 2 is 1.81 bits per heavy atom. The van der Waals surface area contributed by atoms with E-state index in [-0.39, 0.29) is 12.1 Å². The Labute approximate surface area is 189 Å². The largest absolute Gasteiger partial charge is 0.497 e. The third kappa shape index (κ3) is 3.81. The number of methoxy groups -OCH3 is 1. The van der Waals surface area contributed by atoms with E-state index in [4.69, 9.17) is 17.0 Å². The summed E-state index contributed by atoms with van der Waals surface area (Å²) in [6.45, 7) is 0. The van der Waals surface area contributed by atoms with Crippen molar-refractivity contribution in [1.29, 1.82) is 0 Å². The monoisotopic (exact) mass is 432 g/mol. The number of aromatic nitrogens is 2. The Balaban J connectivity index is 1.59. The minimum atomic E-state index is -0.0203. The van der Waals surface area contributed by atoms with Gasteiger partial charge in [0.05, 0.1) is 18.8 Å². The summed E-state index contributed by atoms with van der Waals surface area (Å²) in [5.74, 6) is 0.838. The molecule has 0 amide bonds. The van der Waals surface area contributed by atoms with Crippen LogP contribution in [0.4, 0.5) is 5.69 Å². The van der Waals surface area contributed by atoms with Gasteiger partial charge in [-0.3, -0.25) is 4.98 Å². The standard InChI is InChI=1S/C25H28N4OS/c1-30-20-14-12-19(13-15-20)29-24(23(27-25(29)31)21-10-5-6-16-26-21)22-11-7-17-28(22)18-8-3-2-4-9-18/h5-7,10-18,23-24H,2-4,8-9H2,1H3,(H,27,31). The highest BCUT2D eigenvalue weighted by Gasteiger charge is 2.42. The molecule has 31 heavy (non-hydrogen) atoms. The third-order valence-corrected chi connectivity index (χ3v) is 6.85. The fourth-order valence-corrected chi connectivity index (χ4v) is 5.37. The van der Waals surface area contributed by atoms with Gasteiger partial charge < -0.3 is 19.5 Å². The maximum absolute atomic E-state index is 5.86. The Kier molecular flexibility index (Phi) is 5.64. The molecule has 1 N–H and O–H groups in total. The summed E-state index contributed by atoms with van der Waals surface area (Å²) in [5, 5.41) is 4.29. The first-order valence-electron chi connectivity index (χ1n) is 11.1. The van der Waals surface area contributed by atoms with Gasteiger partial charge in [-0.2, -0.15) is 0 Å². The highest BCUT2D eigenvalue weighted by atomic mass is 32.1. The van der Waals surface area contributed by atoms with Crippen LogP contribution in [-0.2, 0) is 0 Å². The first-order chi connectivity index (χ1) is 15.3. The van der Waals surface area contributed by atoms with Crippen LogP contribution in [0.15, 0.2) is 67.0 Å². The van der Waals surface area contributed by atoms with Gasteiger partial charge in [0.2, 0.25) is 0 Å². The van der Waals surface area contributed by atoms with Crippen molar-refractivity contribution in [3.63, 3.8) is 0 Å². The van der Waals surface area contributed by atoms with Crippen molar-refractivity contribution in [3.8, 4) is 5.75 Å². The third-order valence-electron chi connectivity index (χ3n) is 6.53. The molecule has 1 aliphatic heterocycles. The Bertz CT molecular complexity index is 1030. The lowest BCUT2D eigenvalue weighted by molar-refractivity contribution is 0.340. The van der Waals surface area contributed by atoms with Crippen LogP contribution in [0.1, 0.15) is 61.6 Å². The quantitative estimate of drug-likeness (QED) is 0.534. The van der Waals surface area contributed by atoms with Crippen molar-refractivity contribution in [1.82, 2.24) is 14.9 Å². The first-order valence-corrected chi connectivity index (χ1v) is 11.5. The van der Waals surface area contributed by atoms with Crippen LogP contribution in [0, 0.1) is 0 Å². The molecule has 1 saturated carbocycles. The van der Waals surface area contributed by atoms with Gasteiger partial charge in [-0.05, 0) is 73.6 Å². The zero-order valence-electron chi connectivity index (χ0n) is 17.8. The topological polar surface area (TPSA) is 42.3 Å². The van der Waals surface area contributed by atoms with Crippen LogP contribution in [-0.4, -0.2) is 21.8 Å². The number of hydrogen-bond donors (Lipinski definition) is 1. The molecule has 3 aromatic rings. The lowest BCUT2D eigenvalue weighted by Crippen LogP contribution is -2.31. The Morgan fingerprint density at radius 3 is 2.52 bits per heavy atom. The average Bonchev–Trinajstić information content (AvgIpc) is 3.44. The molecule has 2 unspecified atom stereocenters. The van der Waals surface area contributed by atoms with E-state index in [9.17, 15) is 0 Å². The molecular weight excluding hydrogens is 404 g/mol. The van der Waals surface area contributed by atoms with Gasteiger partial charge in [0.25, 0.3) is 0 Å². The number of benzene rings is 1. The van der Waals surface area contributed by atoms with E-state index < -0.39 is 0 Å². The molecule has 2 atom stereocenters. The number of nitrogens with one attached hydrogen (secondary N) is 1. The second kappa shape index (κ2) is 8.71. The summed E-state index contributed by atoms with van der Waals surface area (Å²) >= 11 is 5.86. The molecule has 0 radical (unpaired) electrons. The van der Waals surface area contributed by atoms with E-state index >= 15 is 0 Å². The van der Waals surface area contributed by atoms with Crippen molar-refractivity contribution in [2.24, 2.45) is 0 Å². The minimum absolute atomic E-state index is 0.0203. The lowest BCUT2D eigenvalue weighted by Gasteiger charge is -2.32. The number of thiocarbonyl (C=S) groups is 1. The summed E-state index contributed by atoms with van der Waals surface area (Å²) in [6.07, 6.45) is 10.5. The smallest absolute Gasteiger partial charge is 0.174 e. The summed E-state index contributed by atoms with van der Waals surface area (Å²) in [6, 6.07) is 19.2. The van der Waals surface area contributed by atoms with Gasteiger partial charge in [-0.15, -0.1) is 0 Å². The molecule has 1 aliphatic carbocycles. The van der Waals surface area contributed by atoms with Crippen LogP contribution < -0.4 is 15.0 Å². The number of anilines is 1. The Morgan fingerprint density at radius 1 is 1.00 bits per heavy atom. The zero-order chi connectivity index (χ0) is 21.2. The average molecular weight is 433 g/mol. The van der Waals surface area contributed by atoms with E-state index in [1.165, 1.54) is 37.8 Å². The number of hydrogen-bond acceptors (Lipinski definition) is 3. The van der Waals surface area contributed by atoms with E-state index in [0.29, 0.717) is 6.04 Å². The van der Waals surface area contributed by atoms with Crippen LogP contribution in [0.3, 0.4) is 0 Å². The van der Waals surface area contributed by atoms with Crippen LogP contribution in [0.25, 0.3) is 0 Å². The number of pyridine rings is 1. The predicted molar refractivity (Wildman–Crippen MR) is 127 cm³/mol. The van der Waals surface area contributed by atoms with E-state index in [1.54, 1.807) is 7.11 Å². The molecule has 5 nitrogen and oxygen atoms in total. The number of ether oxygens (including phenoxy) is 1. The lowest BCUT2D eigenvalue weighted by atomic mass is 9.94. The predicted octanol–water partition coefficient (Wildman–Crippen LogP) is 5.57. The summed E-state index contributed by atoms with van der Waals surface area (Å²) in [5.41, 5.74) is 3.34. The van der Waals surface area contributed by atoms with Gasteiger partial charge >= 0.3 is 0 Å². The van der Waals surface area contributed by atoms with E-state index in [2.05, 4.69) is 56.3 Å². The number of nitrogens with zero attached hydrogens (tertiary/aromatic N) is 3. The molecule has 1 saturated heterocycles.